The number of methoxy groups -OCH3 is 1. The second kappa shape index (κ2) is 13.5. The molecule has 0 aliphatic rings. The van der Waals surface area contributed by atoms with Crippen LogP contribution < -0.4 is 10.1 Å². The first-order chi connectivity index (χ1) is 19.0. The highest BCUT2D eigenvalue weighted by Crippen LogP contribution is 2.20. The number of H-pyrrole nitrogens is 1. The third-order valence-corrected chi connectivity index (χ3v) is 6.99. The van der Waals surface area contributed by atoms with E-state index in [0.29, 0.717) is 26.1 Å². The Morgan fingerprint density at radius 1 is 0.923 bits per heavy atom. The van der Waals surface area contributed by atoms with Crippen molar-refractivity contribution in [3.63, 3.8) is 0 Å². The molecule has 4 rings (SSSR count). The lowest BCUT2D eigenvalue weighted by Crippen LogP contribution is -2.45. The third kappa shape index (κ3) is 7.41. The molecule has 204 valence electrons. The maximum atomic E-state index is 13.8. The first-order valence-electron chi connectivity index (χ1n) is 13.6. The number of anilines is 1. The number of nitrogens with zero attached hydrogens (tertiary/aromatic N) is 2. The fraction of sp³-hybridized carbons (Fsp3) is 0.312. The molecule has 39 heavy (non-hydrogen) atoms. The predicted molar refractivity (Wildman–Crippen MR) is 157 cm³/mol. The minimum absolute atomic E-state index is 0.0156. The Hall–Kier alpha value is -4.26. The van der Waals surface area contributed by atoms with E-state index in [1.54, 1.807) is 12.0 Å². The van der Waals surface area contributed by atoms with Crippen molar-refractivity contribution in [1.82, 2.24) is 14.8 Å². The Balaban J connectivity index is 1.52. The number of fused-ring (bicyclic) bond motifs is 1. The average molecular weight is 527 g/mol. The Bertz CT molecular complexity index is 1380. The maximum Gasteiger partial charge on any atom is 0.322 e. The van der Waals surface area contributed by atoms with Crippen LogP contribution >= 0.6 is 0 Å². The zero-order valence-corrected chi connectivity index (χ0v) is 23.1. The standard InChI is InChI=1S/C32H38N4O3/c1-4-5-19-36(32(38)34-29-12-8-6-10-24(29)2)23-31(37)35(22-25-14-16-27(39-3)17-15-25)20-18-26-21-33-30-13-9-7-11-28(26)30/h6-17,21,33H,4-5,18-20,22-23H2,1-3H3,(H,34,38). The summed E-state index contributed by atoms with van der Waals surface area (Å²) in [6.07, 6.45) is 4.47. The first kappa shape index (κ1) is 27.8. The molecule has 3 amide bonds. The number of aromatic amines is 1. The van der Waals surface area contributed by atoms with Gasteiger partial charge in [0.25, 0.3) is 0 Å². The molecule has 1 aromatic heterocycles. The second-order valence-corrected chi connectivity index (χ2v) is 9.79. The van der Waals surface area contributed by atoms with Crippen molar-refractivity contribution in [1.29, 1.82) is 0 Å². The molecule has 1 heterocycles. The van der Waals surface area contributed by atoms with Gasteiger partial charge >= 0.3 is 6.03 Å². The number of carbonyl (C=O) groups excluding carboxylic acids is 2. The summed E-state index contributed by atoms with van der Waals surface area (Å²) in [5.41, 5.74) is 4.99. The zero-order chi connectivity index (χ0) is 27.6. The Labute approximate surface area is 230 Å². The van der Waals surface area contributed by atoms with Crippen LogP contribution in [0.15, 0.2) is 79.0 Å². The molecule has 7 heteroatoms. The maximum absolute atomic E-state index is 13.8. The van der Waals surface area contributed by atoms with Crippen molar-refractivity contribution in [2.45, 2.75) is 39.7 Å². The second-order valence-electron chi connectivity index (χ2n) is 9.79. The number of urea groups is 1. The SMILES string of the molecule is CCCCN(CC(=O)N(CCc1c[nH]c2ccccc12)Cc1ccc(OC)cc1)C(=O)Nc1ccccc1C. The van der Waals surface area contributed by atoms with Crippen molar-refractivity contribution in [2.24, 2.45) is 0 Å². The van der Waals surface area contributed by atoms with Crippen LogP contribution in [0.1, 0.15) is 36.5 Å². The van der Waals surface area contributed by atoms with Crippen LogP contribution in [0, 0.1) is 6.92 Å². The van der Waals surface area contributed by atoms with E-state index in [-0.39, 0.29) is 18.5 Å². The Kier molecular flexibility index (Phi) is 9.62. The van der Waals surface area contributed by atoms with Crippen LogP contribution in [-0.4, -0.2) is 53.5 Å². The molecule has 0 aliphatic heterocycles. The summed E-state index contributed by atoms with van der Waals surface area (Å²) in [6, 6.07) is 23.4. The molecule has 4 aromatic rings. The number of unbranched alkanes of at least 4 members (excludes halogenated alkanes) is 1. The number of hydrogen-bond donors (Lipinski definition) is 2. The molecule has 0 bridgehead atoms. The van der Waals surface area contributed by atoms with E-state index >= 15 is 0 Å². The quantitative estimate of drug-likeness (QED) is 0.225. The molecular weight excluding hydrogens is 488 g/mol. The molecular formula is C32H38N4O3. The van der Waals surface area contributed by atoms with Gasteiger partial charge in [-0.2, -0.15) is 0 Å². The monoisotopic (exact) mass is 526 g/mol. The van der Waals surface area contributed by atoms with Gasteiger partial charge in [0, 0.05) is 42.4 Å². The number of nitrogens with one attached hydrogen (secondary N) is 2. The van der Waals surface area contributed by atoms with Gasteiger partial charge in [-0.3, -0.25) is 4.79 Å². The van der Waals surface area contributed by atoms with Crippen molar-refractivity contribution < 1.29 is 14.3 Å². The summed E-state index contributed by atoms with van der Waals surface area (Å²) in [6.45, 7) is 5.55. The summed E-state index contributed by atoms with van der Waals surface area (Å²) < 4.78 is 5.30. The fourth-order valence-corrected chi connectivity index (χ4v) is 4.61. The molecule has 0 atom stereocenters. The van der Waals surface area contributed by atoms with Gasteiger partial charge in [-0.15, -0.1) is 0 Å². The van der Waals surface area contributed by atoms with E-state index in [1.807, 2.05) is 78.7 Å². The smallest absolute Gasteiger partial charge is 0.322 e. The van der Waals surface area contributed by atoms with Crippen molar-refractivity contribution in [2.75, 3.05) is 32.1 Å². The molecule has 0 unspecified atom stereocenters. The molecule has 2 N–H and O–H groups in total. The van der Waals surface area contributed by atoms with Gasteiger partial charge in [0.15, 0.2) is 0 Å². The predicted octanol–water partition coefficient (Wildman–Crippen LogP) is 6.39. The van der Waals surface area contributed by atoms with Crippen LogP contribution in [-0.2, 0) is 17.8 Å². The number of ether oxygens (including phenoxy) is 1. The number of aromatic nitrogens is 1. The molecule has 0 saturated heterocycles. The van der Waals surface area contributed by atoms with Crippen LogP contribution in [0.2, 0.25) is 0 Å². The number of para-hydroxylation sites is 2. The van der Waals surface area contributed by atoms with Gasteiger partial charge in [-0.1, -0.05) is 61.9 Å². The molecule has 3 aromatic carbocycles. The highest BCUT2D eigenvalue weighted by Gasteiger charge is 2.22. The number of amides is 3. The van der Waals surface area contributed by atoms with E-state index in [1.165, 1.54) is 5.56 Å². The highest BCUT2D eigenvalue weighted by atomic mass is 16.5. The Morgan fingerprint density at radius 2 is 1.67 bits per heavy atom. The molecule has 0 saturated carbocycles. The molecule has 0 fully saturated rings. The molecule has 0 spiro atoms. The highest BCUT2D eigenvalue weighted by molar-refractivity contribution is 5.93. The lowest BCUT2D eigenvalue weighted by molar-refractivity contribution is -0.132. The van der Waals surface area contributed by atoms with Crippen LogP contribution in [0.4, 0.5) is 10.5 Å². The van der Waals surface area contributed by atoms with Gasteiger partial charge in [0.05, 0.1) is 7.11 Å². The summed E-state index contributed by atoms with van der Waals surface area (Å²) >= 11 is 0. The summed E-state index contributed by atoms with van der Waals surface area (Å²) in [5.74, 6) is 0.690. The van der Waals surface area contributed by atoms with Gasteiger partial charge in [-0.05, 0) is 60.7 Å². The summed E-state index contributed by atoms with van der Waals surface area (Å²) in [7, 11) is 1.64. The number of benzene rings is 3. The van der Waals surface area contributed by atoms with E-state index < -0.39 is 0 Å². The molecule has 0 radical (unpaired) electrons. The van der Waals surface area contributed by atoms with Crippen molar-refractivity contribution in [3.8, 4) is 5.75 Å². The summed E-state index contributed by atoms with van der Waals surface area (Å²) in [5, 5.41) is 4.16. The first-order valence-corrected chi connectivity index (χ1v) is 13.6. The van der Waals surface area contributed by atoms with E-state index in [2.05, 4.69) is 29.4 Å². The molecule has 0 aliphatic carbocycles. The van der Waals surface area contributed by atoms with Gasteiger partial charge in [0.2, 0.25) is 5.91 Å². The Morgan fingerprint density at radius 3 is 2.41 bits per heavy atom. The van der Waals surface area contributed by atoms with Gasteiger partial charge < -0.3 is 24.8 Å². The average Bonchev–Trinajstić information content (AvgIpc) is 3.37. The van der Waals surface area contributed by atoms with E-state index in [4.69, 9.17) is 4.74 Å². The minimum Gasteiger partial charge on any atom is -0.497 e. The lowest BCUT2D eigenvalue weighted by atomic mass is 10.1. The lowest BCUT2D eigenvalue weighted by Gasteiger charge is -2.28. The van der Waals surface area contributed by atoms with Crippen LogP contribution in [0.25, 0.3) is 10.9 Å². The van der Waals surface area contributed by atoms with Gasteiger partial charge in [-0.25, -0.2) is 4.79 Å². The molecule has 7 nitrogen and oxygen atoms in total. The number of aryl methyl sites for hydroxylation is 1. The van der Waals surface area contributed by atoms with Crippen molar-refractivity contribution in [3.05, 3.63) is 95.7 Å². The van der Waals surface area contributed by atoms with E-state index in [9.17, 15) is 9.59 Å². The topological polar surface area (TPSA) is 77.7 Å². The number of hydrogen-bond acceptors (Lipinski definition) is 3. The normalized spacial score (nSPS) is 10.8. The van der Waals surface area contributed by atoms with Crippen LogP contribution in [0.5, 0.6) is 5.75 Å². The van der Waals surface area contributed by atoms with Crippen LogP contribution in [0.3, 0.4) is 0 Å². The summed E-state index contributed by atoms with van der Waals surface area (Å²) in [4.78, 5) is 33.8. The van der Waals surface area contributed by atoms with Gasteiger partial charge in [0.1, 0.15) is 12.3 Å². The zero-order valence-electron chi connectivity index (χ0n) is 23.1. The number of carbonyl (C=O) groups is 2. The van der Waals surface area contributed by atoms with E-state index in [0.717, 1.165) is 46.3 Å². The fourth-order valence-electron chi connectivity index (χ4n) is 4.61. The minimum atomic E-state index is -0.257. The third-order valence-electron chi connectivity index (χ3n) is 6.99. The number of rotatable bonds is 12. The largest absolute Gasteiger partial charge is 0.497 e. The van der Waals surface area contributed by atoms with Crippen molar-refractivity contribution >= 4 is 28.5 Å².